The zero-order valence-corrected chi connectivity index (χ0v) is 17.8. The van der Waals surface area contributed by atoms with Gasteiger partial charge in [0.25, 0.3) is 0 Å². The summed E-state index contributed by atoms with van der Waals surface area (Å²) in [5.41, 5.74) is 11.8. The van der Waals surface area contributed by atoms with E-state index >= 15 is 0 Å². The summed E-state index contributed by atoms with van der Waals surface area (Å²) in [6, 6.07) is 14.5. The number of hydrogen-bond donors (Lipinski definition) is 1. The summed E-state index contributed by atoms with van der Waals surface area (Å²) in [6.07, 6.45) is 7.60. The topological polar surface area (TPSA) is 55.6 Å². The molecule has 1 aliphatic carbocycles. The number of fused-ring (bicyclic) bond motifs is 3. The zero-order chi connectivity index (χ0) is 21.5. The molecule has 1 spiro atoms. The summed E-state index contributed by atoms with van der Waals surface area (Å²) in [7, 11) is 4.05. The molecule has 154 valence electrons. The van der Waals surface area contributed by atoms with Crippen molar-refractivity contribution >= 4 is 17.7 Å². The van der Waals surface area contributed by atoms with Crippen LogP contribution in [-0.2, 0) is 21.6 Å². The van der Waals surface area contributed by atoms with Crippen molar-refractivity contribution in [3.63, 3.8) is 0 Å². The van der Waals surface area contributed by atoms with Crippen LogP contribution in [-0.4, -0.2) is 20.1 Å². The standard InChI is InChI=1S/C26H28N2O2/c1-5-21-24(27)26(30-25(21)29)17(2)22-13-9-8-11-18(22)10-6-7-12-19-16-20(28(3)4)14-15-23(19)26/h5-6,8-11,13-17H,1,7,12,27H2,2-4H3/b10-6-. The largest absolute Gasteiger partial charge is 0.443 e. The Morgan fingerprint density at radius 2 is 2.00 bits per heavy atom. The number of aryl methyl sites for hydroxylation is 1. The van der Waals surface area contributed by atoms with Crippen molar-refractivity contribution in [1.29, 1.82) is 0 Å². The third-order valence-electron chi connectivity index (χ3n) is 6.32. The highest BCUT2D eigenvalue weighted by Gasteiger charge is 2.53. The first kappa shape index (κ1) is 20.0. The van der Waals surface area contributed by atoms with Gasteiger partial charge in [-0.3, -0.25) is 0 Å². The van der Waals surface area contributed by atoms with Crippen LogP contribution in [0.4, 0.5) is 5.69 Å². The van der Waals surface area contributed by atoms with Gasteiger partial charge in [0.15, 0.2) is 5.60 Å². The van der Waals surface area contributed by atoms with Crippen LogP contribution >= 0.6 is 0 Å². The molecule has 0 radical (unpaired) electrons. The van der Waals surface area contributed by atoms with Gasteiger partial charge in [0.2, 0.25) is 0 Å². The van der Waals surface area contributed by atoms with E-state index in [1.807, 2.05) is 26.2 Å². The fourth-order valence-electron chi connectivity index (χ4n) is 4.67. The van der Waals surface area contributed by atoms with Crippen molar-refractivity contribution < 1.29 is 9.53 Å². The summed E-state index contributed by atoms with van der Waals surface area (Å²) in [4.78, 5) is 14.9. The van der Waals surface area contributed by atoms with E-state index in [2.05, 4.69) is 60.9 Å². The SMILES string of the molecule is C=CC1=C(N)C2(OC1=O)c1ccc(N(C)C)cc1CC/C=C\c1ccccc1C2C. The Kier molecular flexibility index (Phi) is 5.02. The van der Waals surface area contributed by atoms with E-state index in [0.29, 0.717) is 11.3 Å². The molecule has 4 heteroatoms. The first-order valence-electron chi connectivity index (χ1n) is 10.3. The average molecular weight is 401 g/mol. The van der Waals surface area contributed by atoms with Crippen LogP contribution in [0, 0.1) is 0 Å². The van der Waals surface area contributed by atoms with Crippen molar-refractivity contribution in [2.24, 2.45) is 5.73 Å². The lowest BCUT2D eigenvalue weighted by Crippen LogP contribution is -2.39. The minimum atomic E-state index is -1.07. The molecular weight excluding hydrogens is 372 g/mol. The second-order valence-corrected chi connectivity index (χ2v) is 8.18. The van der Waals surface area contributed by atoms with Crippen molar-refractivity contribution in [2.75, 3.05) is 19.0 Å². The summed E-state index contributed by atoms with van der Waals surface area (Å²) in [5, 5.41) is 0. The van der Waals surface area contributed by atoms with Gasteiger partial charge in [-0.2, -0.15) is 0 Å². The van der Waals surface area contributed by atoms with E-state index in [9.17, 15) is 4.79 Å². The monoisotopic (exact) mass is 400 g/mol. The van der Waals surface area contributed by atoms with E-state index in [4.69, 9.17) is 10.5 Å². The van der Waals surface area contributed by atoms with Crippen LogP contribution in [0.3, 0.4) is 0 Å². The minimum absolute atomic E-state index is 0.179. The third-order valence-corrected chi connectivity index (χ3v) is 6.32. The summed E-state index contributed by atoms with van der Waals surface area (Å²) >= 11 is 0. The molecule has 2 N–H and O–H groups in total. The highest BCUT2D eigenvalue weighted by atomic mass is 16.6. The number of anilines is 1. The molecule has 2 aromatic carbocycles. The van der Waals surface area contributed by atoms with Crippen LogP contribution in [0.2, 0.25) is 0 Å². The van der Waals surface area contributed by atoms with Crippen LogP contribution in [0.25, 0.3) is 6.08 Å². The highest BCUT2D eigenvalue weighted by Crippen LogP contribution is 2.51. The second kappa shape index (κ2) is 7.52. The number of rotatable bonds is 2. The van der Waals surface area contributed by atoms with E-state index in [1.165, 1.54) is 6.08 Å². The molecule has 2 aromatic rings. The maximum absolute atomic E-state index is 12.8. The molecule has 0 amide bonds. The van der Waals surface area contributed by atoms with Gasteiger partial charge < -0.3 is 15.4 Å². The lowest BCUT2D eigenvalue weighted by molar-refractivity contribution is -0.149. The molecule has 0 bridgehead atoms. The molecule has 1 heterocycles. The Hall–Kier alpha value is -3.27. The van der Waals surface area contributed by atoms with Gasteiger partial charge in [-0.25, -0.2) is 4.79 Å². The summed E-state index contributed by atoms with van der Waals surface area (Å²) in [6.45, 7) is 5.89. The van der Waals surface area contributed by atoms with Gasteiger partial charge in [0.05, 0.1) is 11.3 Å². The van der Waals surface area contributed by atoms with Crippen LogP contribution in [0.5, 0.6) is 0 Å². The predicted octanol–water partition coefficient (Wildman–Crippen LogP) is 4.67. The molecule has 4 nitrogen and oxygen atoms in total. The Morgan fingerprint density at radius 3 is 2.70 bits per heavy atom. The van der Waals surface area contributed by atoms with E-state index in [0.717, 1.165) is 40.8 Å². The molecule has 2 unspecified atom stereocenters. The molecule has 1 aliphatic heterocycles. The molecule has 4 rings (SSSR count). The zero-order valence-electron chi connectivity index (χ0n) is 17.8. The van der Waals surface area contributed by atoms with Gasteiger partial charge in [0.1, 0.15) is 0 Å². The second-order valence-electron chi connectivity index (χ2n) is 8.18. The molecule has 0 fully saturated rings. The fourth-order valence-corrected chi connectivity index (χ4v) is 4.67. The van der Waals surface area contributed by atoms with Gasteiger partial charge >= 0.3 is 5.97 Å². The van der Waals surface area contributed by atoms with Crippen molar-refractivity contribution in [1.82, 2.24) is 0 Å². The van der Waals surface area contributed by atoms with Crippen LogP contribution < -0.4 is 10.6 Å². The van der Waals surface area contributed by atoms with E-state index in [-0.39, 0.29) is 5.92 Å². The Morgan fingerprint density at radius 1 is 1.23 bits per heavy atom. The van der Waals surface area contributed by atoms with E-state index in [1.54, 1.807) is 0 Å². The van der Waals surface area contributed by atoms with Crippen molar-refractivity contribution in [3.05, 3.63) is 94.7 Å². The first-order chi connectivity index (χ1) is 14.4. The Bertz CT molecular complexity index is 1080. The smallest absolute Gasteiger partial charge is 0.341 e. The number of allylic oxidation sites excluding steroid dienone is 1. The lowest BCUT2D eigenvalue weighted by atomic mass is 9.72. The van der Waals surface area contributed by atoms with Gasteiger partial charge in [-0.05, 0) is 41.7 Å². The van der Waals surface area contributed by atoms with E-state index < -0.39 is 11.6 Å². The van der Waals surface area contributed by atoms with Crippen LogP contribution in [0.1, 0.15) is 41.5 Å². The first-order valence-corrected chi connectivity index (χ1v) is 10.3. The summed E-state index contributed by atoms with van der Waals surface area (Å²) in [5.74, 6) is -0.594. The number of ether oxygens (including phenoxy) is 1. The fraction of sp³-hybridized carbons (Fsp3) is 0.269. The number of nitrogens with two attached hydrogens (primary N) is 1. The number of nitrogens with zero attached hydrogens (tertiary/aromatic N) is 1. The third kappa shape index (κ3) is 2.95. The molecule has 2 aliphatic rings. The number of esters is 1. The molecule has 0 saturated carbocycles. The number of hydrogen-bond acceptors (Lipinski definition) is 4. The number of carbonyl (C=O) groups is 1. The maximum Gasteiger partial charge on any atom is 0.341 e. The highest BCUT2D eigenvalue weighted by molar-refractivity contribution is 5.96. The summed E-state index contributed by atoms with van der Waals surface area (Å²) < 4.78 is 6.19. The maximum atomic E-state index is 12.8. The molecule has 0 aromatic heterocycles. The number of benzene rings is 2. The van der Waals surface area contributed by atoms with Crippen LogP contribution in [0.15, 0.2) is 72.5 Å². The Balaban J connectivity index is 2.05. The quantitative estimate of drug-likeness (QED) is 0.745. The van der Waals surface area contributed by atoms with Gasteiger partial charge in [-0.15, -0.1) is 0 Å². The predicted molar refractivity (Wildman–Crippen MR) is 122 cm³/mol. The van der Waals surface area contributed by atoms with Gasteiger partial charge in [0, 0.05) is 31.3 Å². The Labute approximate surface area is 178 Å². The van der Waals surface area contributed by atoms with Crippen molar-refractivity contribution in [2.45, 2.75) is 31.3 Å². The molecular formula is C26H28N2O2. The molecule has 30 heavy (non-hydrogen) atoms. The molecule has 0 saturated heterocycles. The minimum Gasteiger partial charge on any atom is -0.443 e. The van der Waals surface area contributed by atoms with Gasteiger partial charge in [-0.1, -0.05) is 62.1 Å². The normalized spacial score (nSPS) is 24.1. The lowest BCUT2D eigenvalue weighted by Gasteiger charge is -2.38. The van der Waals surface area contributed by atoms with Crippen molar-refractivity contribution in [3.8, 4) is 0 Å². The average Bonchev–Trinajstić information content (AvgIpc) is 3.00. The number of carbonyl (C=O) groups excluding carboxylic acids is 1. The molecule has 2 atom stereocenters.